The summed E-state index contributed by atoms with van der Waals surface area (Å²) in [5, 5.41) is 0. The first kappa shape index (κ1) is 15.5. The molecule has 0 atom stereocenters. The molecule has 1 aromatic rings. The molecule has 20 heavy (non-hydrogen) atoms. The first-order valence-corrected chi connectivity index (χ1v) is 7.75. The zero-order chi connectivity index (χ0) is 14.4. The van der Waals surface area contributed by atoms with E-state index in [1.54, 1.807) is 0 Å². The number of piperidine rings is 1. The third-order valence-corrected chi connectivity index (χ3v) is 4.64. The van der Waals surface area contributed by atoms with E-state index < -0.39 is 0 Å². The van der Waals surface area contributed by atoms with Crippen LogP contribution in [0.2, 0.25) is 0 Å². The third kappa shape index (κ3) is 4.30. The molecule has 0 aliphatic carbocycles. The third-order valence-electron chi connectivity index (χ3n) is 4.64. The SMILES string of the molecule is CN(C)CCN1CCC(CN)(Cc2ccccc2)CC1. The number of nitrogens with zero attached hydrogens (tertiary/aromatic N) is 2. The molecule has 0 spiro atoms. The number of nitrogens with two attached hydrogens (primary N) is 1. The van der Waals surface area contributed by atoms with Crippen molar-refractivity contribution in [1.29, 1.82) is 0 Å². The molecule has 3 heteroatoms. The maximum Gasteiger partial charge on any atom is 0.0109 e. The van der Waals surface area contributed by atoms with E-state index in [-0.39, 0.29) is 0 Å². The summed E-state index contributed by atoms with van der Waals surface area (Å²) in [4.78, 5) is 4.84. The van der Waals surface area contributed by atoms with Gasteiger partial charge in [0.15, 0.2) is 0 Å². The fraction of sp³-hybridized carbons (Fsp3) is 0.647. The number of rotatable bonds is 6. The molecule has 0 bridgehead atoms. The molecular weight excluding hydrogens is 246 g/mol. The topological polar surface area (TPSA) is 32.5 Å². The quantitative estimate of drug-likeness (QED) is 0.860. The molecule has 0 saturated carbocycles. The van der Waals surface area contributed by atoms with Gasteiger partial charge < -0.3 is 15.5 Å². The lowest BCUT2D eigenvalue weighted by Crippen LogP contribution is -2.46. The van der Waals surface area contributed by atoms with Crippen molar-refractivity contribution in [1.82, 2.24) is 9.80 Å². The van der Waals surface area contributed by atoms with Crippen molar-refractivity contribution < 1.29 is 0 Å². The molecule has 3 nitrogen and oxygen atoms in total. The van der Waals surface area contributed by atoms with Crippen LogP contribution < -0.4 is 5.73 Å². The Labute approximate surface area is 123 Å². The van der Waals surface area contributed by atoms with Crippen LogP contribution in [0.4, 0.5) is 0 Å². The molecule has 2 N–H and O–H groups in total. The molecule has 112 valence electrons. The number of hydrogen-bond acceptors (Lipinski definition) is 3. The first-order chi connectivity index (χ1) is 9.63. The fourth-order valence-corrected chi connectivity index (χ4v) is 3.07. The summed E-state index contributed by atoms with van der Waals surface area (Å²) in [7, 11) is 4.28. The second kappa shape index (κ2) is 7.21. The molecule has 1 aromatic carbocycles. The van der Waals surface area contributed by atoms with Crippen molar-refractivity contribution in [2.24, 2.45) is 11.1 Å². The largest absolute Gasteiger partial charge is 0.330 e. The van der Waals surface area contributed by atoms with E-state index in [9.17, 15) is 0 Å². The summed E-state index contributed by atoms with van der Waals surface area (Å²) in [5.41, 5.74) is 7.87. The van der Waals surface area contributed by atoms with Gasteiger partial charge in [0.05, 0.1) is 0 Å². The molecule has 0 unspecified atom stereocenters. The van der Waals surface area contributed by atoms with Gasteiger partial charge in [-0.15, -0.1) is 0 Å². The van der Waals surface area contributed by atoms with E-state index in [0.717, 1.165) is 19.5 Å². The summed E-state index contributed by atoms with van der Waals surface area (Å²) in [6.45, 7) is 5.52. The van der Waals surface area contributed by atoms with E-state index in [1.165, 1.54) is 38.0 Å². The van der Waals surface area contributed by atoms with Gasteiger partial charge in [-0.1, -0.05) is 30.3 Å². The Kier molecular flexibility index (Phi) is 5.58. The van der Waals surface area contributed by atoms with Crippen molar-refractivity contribution >= 4 is 0 Å². The Morgan fingerprint density at radius 2 is 1.80 bits per heavy atom. The van der Waals surface area contributed by atoms with Gasteiger partial charge in [0, 0.05) is 13.1 Å². The maximum absolute atomic E-state index is 6.13. The number of benzene rings is 1. The summed E-state index contributed by atoms with van der Waals surface area (Å²) in [6.07, 6.45) is 3.59. The Hall–Kier alpha value is -0.900. The van der Waals surface area contributed by atoms with E-state index in [0.29, 0.717) is 5.41 Å². The average molecular weight is 275 g/mol. The van der Waals surface area contributed by atoms with Gasteiger partial charge in [0.25, 0.3) is 0 Å². The van der Waals surface area contributed by atoms with Crippen LogP contribution in [-0.2, 0) is 6.42 Å². The smallest absolute Gasteiger partial charge is 0.0109 e. The molecule has 2 rings (SSSR count). The van der Waals surface area contributed by atoms with Crippen molar-refractivity contribution in [3.63, 3.8) is 0 Å². The standard InChI is InChI=1S/C17H29N3/c1-19(2)12-13-20-10-8-17(15-18,9-11-20)14-16-6-4-3-5-7-16/h3-7H,8-15,18H2,1-2H3. The highest BCUT2D eigenvalue weighted by Gasteiger charge is 2.33. The Morgan fingerprint density at radius 1 is 1.15 bits per heavy atom. The second-order valence-electron chi connectivity index (χ2n) is 6.51. The zero-order valence-corrected chi connectivity index (χ0v) is 13.0. The molecule has 1 aliphatic heterocycles. The molecule has 1 aliphatic rings. The highest BCUT2D eigenvalue weighted by molar-refractivity contribution is 5.17. The summed E-state index contributed by atoms with van der Waals surface area (Å²) in [5.74, 6) is 0. The summed E-state index contributed by atoms with van der Waals surface area (Å²) in [6, 6.07) is 10.8. The molecule has 0 radical (unpaired) electrons. The van der Waals surface area contributed by atoms with E-state index in [2.05, 4.69) is 54.2 Å². The summed E-state index contributed by atoms with van der Waals surface area (Å²) >= 11 is 0. The van der Waals surface area contributed by atoms with Crippen LogP contribution in [-0.4, -0.2) is 56.6 Å². The minimum absolute atomic E-state index is 0.315. The van der Waals surface area contributed by atoms with Gasteiger partial charge in [0.2, 0.25) is 0 Å². The Balaban J connectivity index is 1.88. The fourth-order valence-electron chi connectivity index (χ4n) is 3.07. The molecule has 1 saturated heterocycles. The molecule has 0 aromatic heterocycles. The van der Waals surface area contributed by atoms with Crippen molar-refractivity contribution in [3.8, 4) is 0 Å². The lowest BCUT2D eigenvalue weighted by Gasteiger charge is -2.41. The van der Waals surface area contributed by atoms with Crippen LogP contribution in [0.25, 0.3) is 0 Å². The van der Waals surface area contributed by atoms with Gasteiger partial charge in [0.1, 0.15) is 0 Å². The highest BCUT2D eigenvalue weighted by atomic mass is 15.2. The number of likely N-dealkylation sites (N-methyl/N-ethyl adjacent to an activating group) is 1. The molecular formula is C17H29N3. The predicted octanol–water partition coefficient (Wildman–Crippen LogP) is 1.83. The Bertz CT molecular complexity index is 380. The van der Waals surface area contributed by atoms with Crippen molar-refractivity contribution in [3.05, 3.63) is 35.9 Å². The minimum Gasteiger partial charge on any atom is -0.330 e. The van der Waals surface area contributed by atoms with E-state index in [4.69, 9.17) is 5.73 Å². The monoisotopic (exact) mass is 275 g/mol. The van der Waals surface area contributed by atoms with Gasteiger partial charge in [-0.2, -0.15) is 0 Å². The van der Waals surface area contributed by atoms with Gasteiger partial charge in [-0.3, -0.25) is 0 Å². The van der Waals surface area contributed by atoms with Crippen molar-refractivity contribution in [2.75, 3.05) is 46.8 Å². The van der Waals surface area contributed by atoms with Crippen LogP contribution in [0.1, 0.15) is 18.4 Å². The second-order valence-corrected chi connectivity index (χ2v) is 6.51. The number of likely N-dealkylation sites (tertiary alicyclic amines) is 1. The molecule has 0 amide bonds. The normalized spacial score (nSPS) is 19.4. The van der Waals surface area contributed by atoms with Crippen molar-refractivity contribution in [2.45, 2.75) is 19.3 Å². The average Bonchev–Trinajstić information content (AvgIpc) is 2.47. The Morgan fingerprint density at radius 3 is 2.35 bits per heavy atom. The van der Waals surface area contributed by atoms with Crippen LogP contribution >= 0.6 is 0 Å². The van der Waals surface area contributed by atoms with E-state index in [1.807, 2.05) is 0 Å². The van der Waals surface area contributed by atoms with E-state index >= 15 is 0 Å². The zero-order valence-electron chi connectivity index (χ0n) is 13.0. The van der Waals surface area contributed by atoms with Crippen LogP contribution in [0.5, 0.6) is 0 Å². The van der Waals surface area contributed by atoms with Crippen LogP contribution in [0.3, 0.4) is 0 Å². The first-order valence-electron chi connectivity index (χ1n) is 7.75. The van der Waals surface area contributed by atoms with Crippen LogP contribution in [0, 0.1) is 5.41 Å². The maximum atomic E-state index is 6.13. The molecule has 1 fully saturated rings. The predicted molar refractivity (Wildman–Crippen MR) is 85.9 cm³/mol. The summed E-state index contributed by atoms with van der Waals surface area (Å²) < 4.78 is 0. The minimum atomic E-state index is 0.315. The van der Waals surface area contributed by atoms with Gasteiger partial charge in [-0.25, -0.2) is 0 Å². The number of hydrogen-bond donors (Lipinski definition) is 1. The lowest BCUT2D eigenvalue weighted by atomic mass is 9.74. The van der Waals surface area contributed by atoms with Gasteiger partial charge >= 0.3 is 0 Å². The highest BCUT2D eigenvalue weighted by Crippen LogP contribution is 2.34. The van der Waals surface area contributed by atoms with Crippen LogP contribution in [0.15, 0.2) is 30.3 Å². The van der Waals surface area contributed by atoms with Gasteiger partial charge in [-0.05, 0) is 64.0 Å². The lowest BCUT2D eigenvalue weighted by molar-refractivity contribution is 0.104. The molecule has 1 heterocycles.